The van der Waals surface area contributed by atoms with Gasteiger partial charge in [0.2, 0.25) is 0 Å². The molecule has 4 nitrogen and oxygen atoms in total. The minimum absolute atomic E-state index is 0.0586. The van der Waals surface area contributed by atoms with Gasteiger partial charge in [-0.25, -0.2) is 8.42 Å². The van der Waals surface area contributed by atoms with E-state index >= 15 is 0 Å². The predicted molar refractivity (Wildman–Crippen MR) is 73.7 cm³/mol. The van der Waals surface area contributed by atoms with E-state index in [-0.39, 0.29) is 23.5 Å². The summed E-state index contributed by atoms with van der Waals surface area (Å²) in [5.41, 5.74) is 0.565. The molecule has 92 valence electrons. The first-order chi connectivity index (χ1) is 7.96. The van der Waals surface area contributed by atoms with Crippen molar-refractivity contribution in [2.75, 3.05) is 11.5 Å². The summed E-state index contributed by atoms with van der Waals surface area (Å²) in [7, 11) is -2.95. The third-order valence-electron chi connectivity index (χ3n) is 2.67. The SMILES string of the molecule is O=C(NC1CCS(=O)(=O)C1)c1ccc(I)cc1. The van der Waals surface area contributed by atoms with E-state index in [4.69, 9.17) is 0 Å². The first-order valence-corrected chi connectivity index (χ1v) is 8.13. The molecular weight excluding hydrogens is 353 g/mol. The van der Waals surface area contributed by atoms with E-state index in [1.807, 2.05) is 12.1 Å². The van der Waals surface area contributed by atoms with Crippen molar-refractivity contribution >= 4 is 38.3 Å². The van der Waals surface area contributed by atoms with Crippen LogP contribution in [-0.4, -0.2) is 31.9 Å². The van der Waals surface area contributed by atoms with E-state index in [0.717, 1.165) is 3.57 Å². The summed E-state index contributed by atoms with van der Waals surface area (Å²) >= 11 is 2.16. The topological polar surface area (TPSA) is 63.2 Å². The van der Waals surface area contributed by atoms with Crippen LogP contribution in [0.15, 0.2) is 24.3 Å². The van der Waals surface area contributed by atoms with Crippen molar-refractivity contribution in [3.63, 3.8) is 0 Å². The molecule has 0 bridgehead atoms. The summed E-state index contributed by atoms with van der Waals surface area (Å²) in [6.07, 6.45) is 0.512. The number of rotatable bonds is 2. The highest BCUT2D eigenvalue weighted by Gasteiger charge is 2.28. The Morgan fingerprint density at radius 1 is 1.29 bits per heavy atom. The maximum Gasteiger partial charge on any atom is 0.251 e. The Kier molecular flexibility index (Phi) is 3.72. The molecule has 0 radical (unpaired) electrons. The second-order valence-electron chi connectivity index (χ2n) is 4.08. The minimum atomic E-state index is -2.95. The first kappa shape index (κ1) is 12.8. The number of nitrogens with one attached hydrogen (secondary N) is 1. The molecule has 1 aromatic rings. The monoisotopic (exact) mass is 365 g/mol. The van der Waals surface area contributed by atoms with E-state index < -0.39 is 9.84 Å². The van der Waals surface area contributed by atoms with Crippen LogP contribution in [0.1, 0.15) is 16.8 Å². The standard InChI is InChI=1S/C11H12INO3S/c12-9-3-1-8(2-4-9)11(14)13-10-5-6-17(15,16)7-10/h1-4,10H,5-7H2,(H,13,14). The minimum Gasteiger partial charge on any atom is -0.348 e. The first-order valence-electron chi connectivity index (χ1n) is 5.23. The van der Waals surface area contributed by atoms with Crippen molar-refractivity contribution in [2.45, 2.75) is 12.5 Å². The van der Waals surface area contributed by atoms with Crippen molar-refractivity contribution in [1.29, 1.82) is 0 Å². The van der Waals surface area contributed by atoms with Gasteiger partial charge in [-0.05, 0) is 53.3 Å². The van der Waals surface area contributed by atoms with Gasteiger partial charge in [0.15, 0.2) is 9.84 Å². The van der Waals surface area contributed by atoms with Crippen molar-refractivity contribution < 1.29 is 13.2 Å². The lowest BCUT2D eigenvalue weighted by Gasteiger charge is -2.10. The fourth-order valence-electron chi connectivity index (χ4n) is 1.78. The number of benzene rings is 1. The lowest BCUT2D eigenvalue weighted by atomic mass is 10.2. The molecular formula is C11H12INO3S. The third kappa shape index (κ3) is 3.41. The molecule has 17 heavy (non-hydrogen) atoms. The summed E-state index contributed by atoms with van der Waals surface area (Å²) in [6.45, 7) is 0. The maximum atomic E-state index is 11.8. The van der Waals surface area contributed by atoms with Crippen LogP contribution in [0.25, 0.3) is 0 Å². The maximum absolute atomic E-state index is 11.8. The molecule has 0 aliphatic carbocycles. The average molecular weight is 365 g/mol. The zero-order valence-electron chi connectivity index (χ0n) is 9.02. The third-order valence-corrected chi connectivity index (χ3v) is 5.16. The van der Waals surface area contributed by atoms with Gasteiger partial charge in [-0.2, -0.15) is 0 Å². The van der Waals surface area contributed by atoms with Crippen LogP contribution in [0.2, 0.25) is 0 Å². The predicted octanol–water partition coefficient (Wildman–Crippen LogP) is 1.21. The van der Waals surface area contributed by atoms with Crippen molar-refractivity contribution in [1.82, 2.24) is 5.32 Å². The quantitative estimate of drug-likeness (QED) is 0.802. The molecule has 1 N–H and O–H groups in total. The Morgan fingerprint density at radius 3 is 2.47 bits per heavy atom. The molecule has 1 aliphatic rings. The molecule has 6 heteroatoms. The van der Waals surface area contributed by atoms with E-state index in [9.17, 15) is 13.2 Å². The van der Waals surface area contributed by atoms with Gasteiger partial charge in [-0.3, -0.25) is 4.79 Å². The molecule has 1 atom stereocenters. The Balaban J connectivity index is 2.01. The number of halogens is 1. The van der Waals surface area contributed by atoms with Gasteiger partial charge in [-0.1, -0.05) is 0 Å². The Hall–Kier alpha value is -0.630. The van der Waals surface area contributed by atoms with Crippen LogP contribution in [0, 0.1) is 3.57 Å². The van der Waals surface area contributed by atoms with Crippen molar-refractivity contribution in [2.24, 2.45) is 0 Å². The summed E-state index contributed by atoms with van der Waals surface area (Å²) in [4.78, 5) is 11.8. The average Bonchev–Trinajstić information content (AvgIpc) is 2.59. The summed E-state index contributed by atoms with van der Waals surface area (Å²) in [6, 6.07) is 6.93. The lowest BCUT2D eigenvalue weighted by molar-refractivity contribution is 0.0941. The fraction of sp³-hybridized carbons (Fsp3) is 0.364. The Bertz CT molecular complexity index is 524. The van der Waals surface area contributed by atoms with Gasteiger partial charge >= 0.3 is 0 Å². The van der Waals surface area contributed by atoms with E-state index in [1.165, 1.54) is 0 Å². The molecule has 2 rings (SSSR count). The zero-order chi connectivity index (χ0) is 12.5. The second kappa shape index (κ2) is 4.93. The number of hydrogen-bond acceptors (Lipinski definition) is 3. The number of carbonyl (C=O) groups is 1. The molecule has 0 spiro atoms. The molecule has 0 saturated carbocycles. The molecule has 1 aromatic carbocycles. The van der Waals surface area contributed by atoms with Crippen LogP contribution in [0.3, 0.4) is 0 Å². The van der Waals surface area contributed by atoms with Gasteiger partial charge in [0.05, 0.1) is 11.5 Å². The largest absolute Gasteiger partial charge is 0.348 e. The molecule has 1 aliphatic heterocycles. The van der Waals surface area contributed by atoms with Crippen LogP contribution >= 0.6 is 22.6 Å². The van der Waals surface area contributed by atoms with Crippen molar-refractivity contribution in [3.05, 3.63) is 33.4 Å². The fourth-order valence-corrected chi connectivity index (χ4v) is 3.81. The summed E-state index contributed by atoms with van der Waals surface area (Å²) in [5.74, 6) is 0.0248. The number of hydrogen-bond donors (Lipinski definition) is 1. The molecule has 1 amide bonds. The van der Waals surface area contributed by atoms with Gasteiger partial charge < -0.3 is 5.32 Å². The summed E-state index contributed by atoms with van der Waals surface area (Å²) in [5, 5.41) is 2.75. The molecule has 0 aromatic heterocycles. The lowest BCUT2D eigenvalue weighted by Crippen LogP contribution is -2.35. The van der Waals surface area contributed by atoms with Crippen LogP contribution in [-0.2, 0) is 9.84 Å². The highest BCUT2D eigenvalue weighted by atomic mass is 127. The molecule has 1 heterocycles. The molecule has 1 saturated heterocycles. The number of amides is 1. The van der Waals surface area contributed by atoms with E-state index in [0.29, 0.717) is 12.0 Å². The number of carbonyl (C=O) groups excluding carboxylic acids is 1. The Labute approximate surface area is 114 Å². The van der Waals surface area contributed by atoms with Crippen LogP contribution < -0.4 is 5.32 Å². The normalized spacial score (nSPS) is 22.3. The van der Waals surface area contributed by atoms with Gasteiger partial charge in [0.25, 0.3) is 5.91 Å². The smallest absolute Gasteiger partial charge is 0.251 e. The second-order valence-corrected chi connectivity index (χ2v) is 7.55. The number of sulfone groups is 1. The Morgan fingerprint density at radius 2 is 1.94 bits per heavy atom. The highest BCUT2D eigenvalue weighted by Crippen LogP contribution is 2.12. The van der Waals surface area contributed by atoms with Gasteiger partial charge in [0, 0.05) is 15.2 Å². The van der Waals surface area contributed by atoms with E-state index in [2.05, 4.69) is 27.9 Å². The van der Waals surface area contributed by atoms with Crippen molar-refractivity contribution in [3.8, 4) is 0 Å². The molecule has 1 fully saturated rings. The van der Waals surface area contributed by atoms with Gasteiger partial charge in [0.1, 0.15) is 0 Å². The van der Waals surface area contributed by atoms with Crippen LogP contribution in [0.5, 0.6) is 0 Å². The van der Waals surface area contributed by atoms with Crippen LogP contribution in [0.4, 0.5) is 0 Å². The summed E-state index contributed by atoms with van der Waals surface area (Å²) < 4.78 is 23.6. The molecule has 1 unspecified atom stereocenters. The van der Waals surface area contributed by atoms with Gasteiger partial charge in [-0.15, -0.1) is 0 Å². The van der Waals surface area contributed by atoms with E-state index in [1.54, 1.807) is 12.1 Å². The zero-order valence-corrected chi connectivity index (χ0v) is 12.0. The highest BCUT2D eigenvalue weighted by molar-refractivity contribution is 14.1.